The Morgan fingerprint density at radius 3 is 2.81 bits per heavy atom. The summed E-state index contributed by atoms with van der Waals surface area (Å²) in [5.74, 6) is -0.759. The molecule has 1 atom stereocenters. The number of nitro groups is 1. The first-order valence-electron chi connectivity index (χ1n) is 6.77. The Labute approximate surface area is 131 Å². The lowest BCUT2D eigenvalue weighted by Crippen LogP contribution is -2.33. The number of carbonyl (C=O) groups is 1. The number of hydrogen-bond acceptors (Lipinski definition) is 4. The van der Waals surface area contributed by atoms with Crippen LogP contribution in [0, 0.1) is 15.5 Å². The zero-order chi connectivity index (χ0) is 15.6. The van der Waals surface area contributed by atoms with E-state index in [1.807, 2.05) is 17.9 Å². The van der Waals surface area contributed by atoms with Gasteiger partial charge in [0.25, 0.3) is 5.69 Å². The number of nitrogens with zero attached hydrogens (tertiary/aromatic N) is 2. The minimum Gasteiger partial charge on any atom is -0.481 e. The van der Waals surface area contributed by atoms with E-state index in [2.05, 4.69) is 15.9 Å². The topological polar surface area (TPSA) is 83.7 Å². The highest BCUT2D eigenvalue weighted by molar-refractivity contribution is 9.10. The SMILES string of the molecule is CCC1(C(=O)O)CCN(Cc2cccc([N+](=O)[O-])c2Br)C1. The van der Waals surface area contributed by atoms with E-state index >= 15 is 0 Å². The van der Waals surface area contributed by atoms with Crippen LogP contribution in [0.4, 0.5) is 5.69 Å². The molecule has 0 saturated carbocycles. The van der Waals surface area contributed by atoms with Crippen molar-refractivity contribution in [2.75, 3.05) is 13.1 Å². The first kappa shape index (κ1) is 15.9. The monoisotopic (exact) mass is 356 g/mol. The molecule has 114 valence electrons. The zero-order valence-electron chi connectivity index (χ0n) is 11.7. The summed E-state index contributed by atoms with van der Waals surface area (Å²) in [5.41, 5.74) is 0.154. The maximum atomic E-state index is 11.4. The van der Waals surface area contributed by atoms with Crippen LogP contribution >= 0.6 is 15.9 Å². The van der Waals surface area contributed by atoms with Crippen molar-refractivity contribution in [2.45, 2.75) is 26.3 Å². The third kappa shape index (κ3) is 3.08. The van der Waals surface area contributed by atoms with E-state index in [4.69, 9.17) is 0 Å². The van der Waals surface area contributed by atoms with E-state index in [0.29, 0.717) is 36.9 Å². The van der Waals surface area contributed by atoms with Crippen LogP contribution in [0.3, 0.4) is 0 Å². The van der Waals surface area contributed by atoms with Gasteiger partial charge < -0.3 is 5.11 Å². The first-order chi connectivity index (χ1) is 9.89. The van der Waals surface area contributed by atoms with Crippen molar-refractivity contribution in [3.05, 3.63) is 38.3 Å². The Balaban J connectivity index is 2.16. The number of carboxylic acids is 1. The molecule has 7 heteroatoms. The van der Waals surface area contributed by atoms with E-state index in [1.165, 1.54) is 6.07 Å². The predicted octanol–water partition coefficient (Wildman–Crippen LogP) is 3.04. The summed E-state index contributed by atoms with van der Waals surface area (Å²) in [6.45, 7) is 3.57. The predicted molar refractivity (Wildman–Crippen MR) is 81.1 cm³/mol. The van der Waals surface area contributed by atoms with Crippen LogP contribution in [0.2, 0.25) is 0 Å². The number of nitro benzene ring substituents is 1. The molecule has 1 fully saturated rings. The van der Waals surface area contributed by atoms with Gasteiger partial charge in [0.05, 0.1) is 14.8 Å². The van der Waals surface area contributed by atoms with Gasteiger partial charge in [-0.1, -0.05) is 19.1 Å². The number of aliphatic carboxylic acids is 1. The molecule has 1 aromatic carbocycles. The molecule has 0 amide bonds. The first-order valence-corrected chi connectivity index (χ1v) is 7.56. The summed E-state index contributed by atoms with van der Waals surface area (Å²) in [4.78, 5) is 24.0. The molecule has 0 bridgehead atoms. The van der Waals surface area contributed by atoms with Gasteiger partial charge >= 0.3 is 5.97 Å². The van der Waals surface area contributed by atoms with Crippen LogP contribution in [0.15, 0.2) is 22.7 Å². The van der Waals surface area contributed by atoms with Gasteiger partial charge in [0.2, 0.25) is 0 Å². The minimum atomic E-state index is -0.759. The number of likely N-dealkylation sites (tertiary alicyclic amines) is 1. The second kappa shape index (κ2) is 6.11. The molecule has 1 aliphatic rings. The van der Waals surface area contributed by atoms with Gasteiger partial charge in [-0.25, -0.2) is 0 Å². The van der Waals surface area contributed by atoms with E-state index < -0.39 is 16.3 Å². The molecule has 0 spiro atoms. The van der Waals surface area contributed by atoms with Gasteiger partial charge in [-0.05, 0) is 40.9 Å². The molecule has 1 saturated heterocycles. The van der Waals surface area contributed by atoms with Crippen molar-refractivity contribution in [1.29, 1.82) is 0 Å². The highest BCUT2D eigenvalue weighted by Crippen LogP contribution is 2.36. The minimum absolute atomic E-state index is 0.0340. The lowest BCUT2D eigenvalue weighted by molar-refractivity contribution is -0.385. The Bertz CT molecular complexity index is 578. The third-order valence-electron chi connectivity index (χ3n) is 4.21. The Morgan fingerprint density at radius 2 is 2.29 bits per heavy atom. The lowest BCUT2D eigenvalue weighted by atomic mass is 9.84. The average Bonchev–Trinajstić information content (AvgIpc) is 2.85. The number of hydrogen-bond donors (Lipinski definition) is 1. The van der Waals surface area contributed by atoms with E-state index in [1.54, 1.807) is 6.07 Å². The molecule has 1 aromatic rings. The molecule has 6 nitrogen and oxygen atoms in total. The quantitative estimate of drug-likeness (QED) is 0.647. The van der Waals surface area contributed by atoms with Crippen molar-refractivity contribution in [2.24, 2.45) is 5.41 Å². The normalized spacial score (nSPS) is 22.4. The molecule has 21 heavy (non-hydrogen) atoms. The van der Waals surface area contributed by atoms with E-state index in [9.17, 15) is 20.0 Å². The standard InChI is InChI=1S/C14H17BrN2O4/c1-2-14(13(18)19)6-7-16(9-14)8-10-4-3-5-11(12(10)15)17(20)21/h3-5H,2,6-9H2,1H3,(H,18,19). The Kier molecular flexibility index (Phi) is 4.63. The smallest absolute Gasteiger partial charge is 0.310 e. The number of rotatable bonds is 5. The van der Waals surface area contributed by atoms with Crippen LogP contribution in [0.1, 0.15) is 25.3 Å². The van der Waals surface area contributed by atoms with Crippen LogP contribution in [-0.2, 0) is 11.3 Å². The van der Waals surface area contributed by atoms with Crippen molar-refractivity contribution >= 4 is 27.6 Å². The molecule has 0 aliphatic carbocycles. The van der Waals surface area contributed by atoms with Crippen LogP contribution in [0.5, 0.6) is 0 Å². The van der Waals surface area contributed by atoms with Gasteiger partial charge in [-0.3, -0.25) is 19.8 Å². The van der Waals surface area contributed by atoms with Gasteiger partial charge in [0, 0.05) is 19.2 Å². The van der Waals surface area contributed by atoms with E-state index in [-0.39, 0.29) is 5.69 Å². The van der Waals surface area contributed by atoms with Gasteiger partial charge in [0.15, 0.2) is 0 Å². The Hall–Kier alpha value is -1.47. The van der Waals surface area contributed by atoms with Crippen molar-refractivity contribution < 1.29 is 14.8 Å². The Morgan fingerprint density at radius 1 is 1.57 bits per heavy atom. The maximum Gasteiger partial charge on any atom is 0.310 e. The summed E-state index contributed by atoms with van der Waals surface area (Å²) >= 11 is 3.28. The van der Waals surface area contributed by atoms with Crippen LogP contribution in [-0.4, -0.2) is 34.0 Å². The summed E-state index contributed by atoms with van der Waals surface area (Å²) in [7, 11) is 0. The fourth-order valence-corrected chi connectivity index (χ4v) is 3.31. The van der Waals surface area contributed by atoms with E-state index in [0.717, 1.165) is 5.56 Å². The molecule has 0 aromatic heterocycles. The van der Waals surface area contributed by atoms with Crippen molar-refractivity contribution in [1.82, 2.24) is 4.90 Å². The van der Waals surface area contributed by atoms with Crippen molar-refractivity contribution in [3.63, 3.8) is 0 Å². The van der Waals surface area contributed by atoms with Crippen LogP contribution in [0.25, 0.3) is 0 Å². The summed E-state index contributed by atoms with van der Waals surface area (Å²) in [5, 5.41) is 20.3. The molecule has 1 N–H and O–H groups in total. The largest absolute Gasteiger partial charge is 0.481 e. The fourth-order valence-electron chi connectivity index (χ4n) is 2.78. The number of benzene rings is 1. The molecule has 1 aliphatic heterocycles. The molecule has 2 rings (SSSR count). The molecular weight excluding hydrogens is 340 g/mol. The molecule has 1 heterocycles. The summed E-state index contributed by atoms with van der Waals surface area (Å²) < 4.78 is 0.472. The highest BCUT2D eigenvalue weighted by atomic mass is 79.9. The van der Waals surface area contributed by atoms with Gasteiger partial charge in [0.1, 0.15) is 0 Å². The highest BCUT2D eigenvalue weighted by Gasteiger charge is 2.43. The van der Waals surface area contributed by atoms with Crippen LogP contribution < -0.4 is 0 Å². The molecular formula is C14H17BrN2O4. The third-order valence-corrected chi connectivity index (χ3v) is 5.13. The lowest BCUT2D eigenvalue weighted by Gasteiger charge is -2.23. The maximum absolute atomic E-state index is 11.4. The van der Waals surface area contributed by atoms with Crippen molar-refractivity contribution in [3.8, 4) is 0 Å². The summed E-state index contributed by atoms with van der Waals surface area (Å²) in [6, 6.07) is 4.92. The molecule has 0 radical (unpaired) electrons. The second-order valence-electron chi connectivity index (χ2n) is 5.41. The number of halogens is 1. The average molecular weight is 357 g/mol. The van der Waals surface area contributed by atoms with Gasteiger partial charge in [-0.2, -0.15) is 0 Å². The second-order valence-corrected chi connectivity index (χ2v) is 6.20. The number of carboxylic acid groups (broad SMARTS) is 1. The molecule has 1 unspecified atom stereocenters. The fraction of sp³-hybridized carbons (Fsp3) is 0.500. The zero-order valence-corrected chi connectivity index (χ0v) is 13.3. The van der Waals surface area contributed by atoms with Gasteiger partial charge in [-0.15, -0.1) is 0 Å². The summed E-state index contributed by atoms with van der Waals surface area (Å²) in [6.07, 6.45) is 1.21.